The third-order valence-corrected chi connectivity index (χ3v) is 7.56. The van der Waals surface area contributed by atoms with Crippen molar-refractivity contribution in [3.63, 3.8) is 0 Å². The fourth-order valence-corrected chi connectivity index (χ4v) is 6.00. The first kappa shape index (κ1) is 19.1. The molecule has 1 N–H and O–H groups in total. The molecule has 0 aliphatic heterocycles. The van der Waals surface area contributed by atoms with Crippen molar-refractivity contribution in [2.45, 2.75) is 24.2 Å². The average molecular weight is 442 g/mol. The molecule has 0 radical (unpaired) electrons. The highest BCUT2D eigenvalue weighted by Crippen LogP contribution is 2.40. The Morgan fingerprint density at radius 1 is 0.781 bits per heavy atom. The lowest BCUT2D eigenvalue weighted by atomic mass is 9.93. The van der Waals surface area contributed by atoms with Crippen LogP contribution >= 0.6 is 0 Å². The van der Waals surface area contributed by atoms with Crippen LogP contribution in [0.25, 0.3) is 32.5 Å². The van der Waals surface area contributed by atoms with Gasteiger partial charge < -0.3 is 4.42 Å². The molecule has 6 rings (SSSR count). The molecule has 1 aromatic heterocycles. The summed E-state index contributed by atoms with van der Waals surface area (Å²) in [6.45, 7) is 0. The minimum atomic E-state index is -3.88. The van der Waals surface area contributed by atoms with Crippen LogP contribution in [0.1, 0.15) is 29.0 Å². The van der Waals surface area contributed by atoms with Gasteiger partial charge in [-0.1, -0.05) is 60.7 Å². The Kier molecular flexibility index (Phi) is 4.13. The molecule has 0 bridgehead atoms. The molecule has 1 aliphatic rings. The lowest BCUT2D eigenvalue weighted by molar-refractivity contribution is 0.0971. The van der Waals surface area contributed by atoms with Crippen LogP contribution in [0.3, 0.4) is 0 Å². The lowest BCUT2D eigenvalue weighted by Crippen LogP contribution is -2.14. The summed E-state index contributed by atoms with van der Waals surface area (Å²) in [5.41, 5.74) is 1.65. The second kappa shape index (κ2) is 6.93. The predicted octanol–water partition coefficient (Wildman–Crippen LogP) is 6.06. The Hall–Kier alpha value is -3.64. The molecule has 0 saturated carbocycles. The Balaban J connectivity index is 1.59. The summed E-state index contributed by atoms with van der Waals surface area (Å²) in [4.78, 5) is 12.9. The number of furan rings is 1. The molecule has 4 aromatic carbocycles. The van der Waals surface area contributed by atoms with Crippen molar-refractivity contribution in [2.24, 2.45) is 0 Å². The fraction of sp³-hybridized carbons (Fsp3) is 0.115. The smallest absolute Gasteiger partial charge is 0.262 e. The molecule has 5 aromatic rings. The minimum Gasteiger partial charge on any atom is -0.460 e. The molecule has 32 heavy (non-hydrogen) atoms. The lowest BCUT2D eigenvalue weighted by Gasteiger charge is -2.13. The van der Waals surface area contributed by atoms with Gasteiger partial charge in [0.25, 0.3) is 10.0 Å². The molecule has 5 nitrogen and oxygen atoms in total. The van der Waals surface area contributed by atoms with Crippen LogP contribution in [0, 0.1) is 0 Å². The Bertz CT molecular complexity index is 1660. The monoisotopic (exact) mass is 441 g/mol. The van der Waals surface area contributed by atoms with Gasteiger partial charge in [0.2, 0.25) is 0 Å². The van der Waals surface area contributed by atoms with Crippen molar-refractivity contribution < 1.29 is 17.6 Å². The summed E-state index contributed by atoms with van der Waals surface area (Å²) in [5.74, 6) is 0.735. The third-order valence-electron chi connectivity index (χ3n) is 6.14. The van der Waals surface area contributed by atoms with Gasteiger partial charge in [0.1, 0.15) is 11.3 Å². The average Bonchev–Trinajstić information content (AvgIpc) is 3.18. The van der Waals surface area contributed by atoms with Crippen LogP contribution < -0.4 is 4.72 Å². The Morgan fingerprint density at radius 2 is 1.50 bits per heavy atom. The van der Waals surface area contributed by atoms with Crippen LogP contribution in [-0.2, 0) is 16.4 Å². The van der Waals surface area contributed by atoms with E-state index in [1.807, 2.05) is 48.5 Å². The number of hydrogen-bond donors (Lipinski definition) is 1. The number of hydrogen-bond acceptors (Lipinski definition) is 4. The number of aryl methyl sites for hydroxylation is 1. The van der Waals surface area contributed by atoms with Crippen LogP contribution in [0.5, 0.6) is 0 Å². The number of carbonyl (C=O) groups excluding carboxylic acids is 1. The highest BCUT2D eigenvalue weighted by atomic mass is 32.2. The van der Waals surface area contributed by atoms with Gasteiger partial charge in [0, 0.05) is 34.4 Å². The number of anilines is 1. The Morgan fingerprint density at radius 3 is 2.34 bits per heavy atom. The van der Waals surface area contributed by atoms with Crippen LogP contribution in [0.4, 0.5) is 5.69 Å². The molecule has 0 atom stereocenters. The Labute approximate surface area is 184 Å². The first-order chi connectivity index (χ1) is 15.5. The van der Waals surface area contributed by atoms with E-state index >= 15 is 0 Å². The molecular weight excluding hydrogens is 422 g/mol. The first-order valence-corrected chi connectivity index (χ1v) is 12.0. The van der Waals surface area contributed by atoms with E-state index in [1.54, 1.807) is 24.3 Å². The van der Waals surface area contributed by atoms with Crippen LogP contribution in [0.2, 0.25) is 0 Å². The van der Waals surface area contributed by atoms with Crippen molar-refractivity contribution in [2.75, 3.05) is 4.72 Å². The number of carbonyl (C=O) groups is 1. The number of benzene rings is 4. The van der Waals surface area contributed by atoms with Gasteiger partial charge >= 0.3 is 0 Å². The van der Waals surface area contributed by atoms with Gasteiger partial charge in [0.05, 0.1) is 16.1 Å². The number of Topliss-reactive ketones (excluding diaryl/α,β-unsaturated/α-hetero) is 1. The molecule has 0 amide bonds. The maximum Gasteiger partial charge on any atom is 0.262 e. The number of fused-ring (bicyclic) bond motifs is 6. The van der Waals surface area contributed by atoms with E-state index in [0.29, 0.717) is 46.2 Å². The largest absolute Gasteiger partial charge is 0.460 e. The molecule has 158 valence electrons. The van der Waals surface area contributed by atoms with E-state index < -0.39 is 10.0 Å². The quantitative estimate of drug-likeness (QED) is 0.369. The first-order valence-electron chi connectivity index (χ1n) is 10.5. The number of rotatable bonds is 3. The molecule has 1 heterocycles. The van der Waals surface area contributed by atoms with Gasteiger partial charge in [-0.25, -0.2) is 8.42 Å². The molecule has 1 aliphatic carbocycles. The van der Waals surface area contributed by atoms with Gasteiger partial charge in [-0.15, -0.1) is 0 Å². The van der Waals surface area contributed by atoms with Crippen molar-refractivity contribution in [1.29, 1.82) is 0 Å². The highest BCUT2D eigenvalue weighted by Gasteiger charge is 2.27. The predicted molar refractivity (Wildman–Crippen MR) is 126 cm³/mol. The van der Waals surface area contributed by atoms with E-state index in [-0.39, 0.29) is 10.7 Å². The zero-order valence-corrected chi connectivity index (χ0v) is 17.9. The van der Waals surface area contributed by atoms with Crippen molar-refractivity contribution in [3.8, 4) is 0 Å². The maximum atomic E-state index is 13.5. The second-order valence-corrected chi connectivity index (χ2v) is 9.76. The minimum absolute atomic E-state index is 0.0446. The van der Waals surface area contributed by atoms with Crippen molar-refractivity contribution in [1.82, 2.24) is 0 Å². The maximum absolute atomic E-state index is 13.5. The molecule has 0 unspecified atom stereocenters. The SMILES string of the molecule is O=C1CCCc2oc3c(cc(NS(=O)(=O)c4cccc5ccccc45)c4ccccc43)c21. The summed E-state index contributed by atoms with van der Waals surface area (Å²) >= 11 is 0. The van der Waals surface area contributed by atoms with E-state index in [9.17, 15) is 13.2 Å². The van der Waals surface area contributed by atoms with Crippen LogP contribution in [-0.4, -0.2) is 14.2 Å². The summed E-state index contributed by atoms with van der Waals surface area (Å²) in [7, 11) is -3.88. The molecule has 0 saturated heterocycles. The molecule has 6 heteroatoms. The van der Waals surface area contributed by atoms with Gasteiger partial charge in [-0.3, -0.25) is 9.52 Å². The molecule has 0 spiro atoms. The summed E-state index contributed by atoms with van der Waals surface area (Å²) in [5, 5.41) is 3.68. The number of sulfonamides is 1. The number of ketones is 1. The van der Waals surface area contributed by atoms with Gasteiger partial charge in [0.15, 0.2) is 5.78 Å². The summed E-state index contributed by atoms with van der Waals surface area (Å²) in [6, 6.07) is 21.9. The number of nitrogens with one attached hydrogen (secondary N) is 1. The second-order valence-electron chi connectivity index (χ2n) is 8.11. The van der Waals surface area contributed by atoms with E-state index in [2.05, 4.69) is 4.72 Å². The third kappa shape index (κ3) is 2.83. The topological polar surface area (TPSA) is 76.4 Å². The van der Waals surface area contributed by atoms with Gasteiger partial charge in [-0.2, -0.15) is 0 Å². The zero-order chi connectivity index (χ0) is 21.9. The van der Waals surface area contributed by atoms with Crippen molar-refractivity contribution in [3.05, 3.63) is 84.1 Å². The van der Waals surface area contributed by atoms with E-state index in [1.165, 1.54) is 0 Å². The molecule has 0 fully saturated rings. The van der Waals surface area contributed by atoms with E-state index in [0.717, 1.165) is 22.6 Å². The standard InChI is InChI=1S/C26H19NO4S/c28-22-12-6-13-23-25(22)20-15-21(18-10-3-4-11-19(18)26(20)31-23)27-32(29,30)24-14-5-8-16-7-1-2-9-17(16)24/h1-5,7-11,14-15,27H,6,12-13H2. The summed E-state index contributed by atoms with van der Waals surface area (Å²) in [6.07, 6.45) is 1.96. The van der Waals surface area contributed by atoms with Gasteiger partial charge in [-0.05, 0) is 23.9 Å². The van der Waals surface area contributed by atoms with E-state index in [4.69, 9.17) is 4.42 Å². The zero-order valence-electron chi connectivity index (χ0n) is 17.1. The summed E-state index contributed by atoms with van der Waals surface area (Å²) < 4.78 is 35.9. The van der Waals surface area contributed by atoms with Crippen molar-refractivity contribution >= 4 is 54.0 Å². The fourth-order valence-electron chi connectivity index (χ4n) is 4.70. The highest BCUT2D eigenvalue weighted by molar-refractivity contribution is 7.93. The molecular formula is C26H19NO4S. The normalized spacial score (nSPS) is 14.2. The van der Waals surface area contributed by atoms with Crippen LogP contribution in [0.15, 0.2) is 82.1 Å².